The zero-order chi connectivity index (χ0) is 20.0. The Morgan fingerprint density at radius 3 is 2.70 bits per heavy atom. The van der Waals surface area contributed by atoms with Crippen LogP contribution in [0.2, 0.25) is 0 Å². The lowest BCUT2D eigenvalue weighted by atomic mass is 9.99. The van der Waals surface area contributed by atoms with E-state index in [4.69, 9.17) is 11.6 Å². The van der Waals surface area contributed by atoms with E-state index in [-0.39, 0.29) is 17.6 Å². The number of sulfonamides is 1. The molecule has 0 saturated heterocycles. The number of aromatic nitrogens is 2. The Morgan fingerprint density at radius 1 is 1.33 bits per heavy atom. The van der Waals surface area contributed by atoms with E-state index in [0.717, 1.165) is 11.1 Å². The third kappa shape index (κ3) is 6.24. The van der Waals surface area contributed by atoms with Gasteiger partial charge in [-0.1, -0.05) is 55.4 Å². The summed E-state index contributed by atoms with van der Waals surface area (Å²) in [5.74, 6) is -0.945. The van der Waals surface area contributed by atoms with Crippen LogP contribution in [0.1, 0.15) is 25.8 Å². The number of hydrogen-bond acceptors (Lipinski definition) is 6. The molecule has 2 rings (SSSR count). The maximum absolute atomic E-state index is 12.7. The Hall–Kier alpha value is -1.55. The summed E-state index contributed by atoms with van der Waals surface area (Å²) in [6.45, 7) is 5.68. The third-order valence-corrected chi connectivity index (χ3v) is 6.72. The minimum atomic E-state index is -3.64. The normalized spacial score (nSPS) is 13.9. The smallest absolute Gasteiger partial charge is 0.244 e. The highest BCUT2D eigenvalue weighted by atomic mass is 35.5. The number of benzene rings is 1. The first-order valence-corrected chi connectivity index (χ1v) is 11.5. The molecule has 2 atom stereocenters. The van der Waals surface area contributed by atoms with Crippen LogP contribution in [0.5, 0.6) is 0 Å². The second-order valence-corrected chi connectivity index (χ2v) is 9.49. The SMILES string of the molecule is CCC(C)C(NS(=O)(=O)CCCl)C(=O)Nc1nnc(-c2cccc(C)c2)s1. The van der Waals surface area contributed by atoms with Crippen LogP contribution >= 0.6 is 22.9 Å². The van der Waals surface area contributed by atoms with Crippen LogP contribution in [-0.2, 0) is 14.8 Å². The molecular weight excluding hydrogens is 408 g/mol. The molecule has 0 aliphatic rings. The molecule has 0 aliphatic heterocycles. The van der Waals surface area contributed by atoms with Gasteiger partial charge in [0, 0.05) is 11.4 Å². The number of amides is 1. The highest BCUT2D eigenvalue weighted by molar-refractivity contribution is 7.89. The van der Waals surface area contributed by atoms with Crippen LogP contribution in [0, 0.1) is 12.8 Å². The first-order valence-electron chi connectivity index (χ1n) is 8.53. The lowest BCUT2D eigenvalue weighted by Crippen LogP contribution is -2.48. The Bertz CT molecular complexity index is 886. The van der Waals surface area contributed by atoms with Crippen LogP contribution in [0.3, 0.4) is 0 Å². The van der Waals surface area contributed by atoms with Gasteiger partial charge in [0.15, 0.2) is 0 Å². The molecule has 0 spiro atoms. The highest BCUT2D eigenvalue weighted by Crippen LogP contribution is 2.27. The molecule has 148 valence electrons. The van der Waals surface area contributed by atoms with Crippen molar-refractivity contribution in [2.24, 2.45) is 5.92 Å². The van der Waals surface area contributed by atoms with Crippen molar-refractivity contribution in [3.63, 3.8) is 0 Å². The topological polar surface area (TPSA) is 101 Å². The number of nitrogens with zero attached hydrogens (tertiary/aromatic N) is 2. The number of carbonyl (C=O) groups is 1. The highest BCUT2D eigenvalue weighted by Gasteiger charge is 2.29. The summed E-state index contributed by atoms with van der Waals surface area (Å²) in [5.41, 5.74) is 2.01. The molecule has 1 aromatic heterocycles. The van der Waals surface area contributed by atoms with Crippen molar-refractivity contribution in [1.82, 2.24) is 14.9 Å². The Morgan fingerprint density at radius 2 is 2.07 bits per heavy atom. The van der Waals surface area contributed by atoms with E-state index in [9.17, 15) is 13.2 Å². The fourth-order valence-corrected chi connectivity index (χ4v) is 4.77. The van der Waals surface area contributed by atoms with Gasteiger partial charge in [0.1, 0.15) is 11.0 Å². The molecule has 10 heteroatoms. The molecule has 0 aliphatic carbocycles. The molecule has 1 amide bonds. The van der Waals surface area contributed by atoms with Gasteiger partial charge in [-0.3, -0.25) is 10.1 Å². The molecule has 0 radical (unpaired) electrons. The minimum absolute atomic E-state index is 0.0412. The van der Waals surface area contributed by atoms with Gasteiger partial charge < -0.3 is 0 Å². The minimum Gasteiger partial charge on any atom is -0.299 e. The third-order valence-electron chi connectivity index (χ3n) is 4.07. The van der Waals surface area contributed by atoms with Crippen molar-refractivity contribution in [3.05, 3.63) is 29.8 Å². The standard InChI is InChI=1S/C17H23ClN4O3S2/c1-4-12(3)14(22-27(24,25)9-8-18)15(23)19-17-21-20-16(26-17)13-7-5-6-11(2)10-13/h5-7,10,12,14,22H,4,8-9H2,1-3H3,(H,19,21,23). The molecule has 27 heavy (non-hydrogen) atoms. The molecule has 7 nitrogen and oxygen atoms in total. The van der Waals surface area contributed by atoms with Crippen LogP contribution < -0.4 is 10.0 Å². The number of rotatable bonds is 9. The van der Waals surface area contributed by atoms with Gasteiger partial charge in [0.2, 0.25) is 21.1 Å². The van der Waals surface area contributed by atoms with Crippen LogP contribution in [0.25, 0.3) is 10.6 Å². The van der Waals surface area contributed by atoms with Gasteiger partial charge in [-0.25, -0.2) is 13.1 Å². The average molecular weight is 431 g/mol. The van der Waals surface area contributed by atoms with Crippen molar-refractivity contribution in [2.45, 2.75) is 33.2 Å². The van der Waals surface area contributed by atoms with Crippen LogP contribution in [0.4, 0.5) is 5.13 Å². The van der Waals surface area contributed by atoms with E-state index in [0.29, 0.717) is 16.6 Å². The number of hydrogen-bond donors (Lipinski definition) is 2. The van der Waals surface area contributed by atoms with Crippen LogP contribution in [-0.4, -0.2) is 42.2 Å². The van der Waals surface area contributed by atoms with E-state index < -0.39 is 22.0 Å². The number of nitrogens with one attached hydrogen (secondary N) is 2. The second kappa shape index (κ2) is 9.59. The average Bonchev–Trinajstić information content (AvgIpc) is 3.07. The molecule has 2 aromatic rings. The largest absolute Gasteiger partial charge is 0.299 e. The first-order chi connectivity index (χ1) is 12.8. The molecular formula is C17H23ClN4O3S2. The number of carbonyl (C=O) groups excluding carboxylic acids is 1. The molecule has 0 bridgehead atoms. The van der Waals surface area contributed by atoms with Gasteiger partial charge in [-0.15, -0.1) is 21.8 Å². The van der Waals surface area contributed by atoms with Crippen molar-refractivity contribution in [3.8, 4) is 10.6 Å². The Labute approximate surface area is 168 Å². The summed E-state index contributed by atoms with van der Waals surface area (Å²) in [6, 6.07) is 6.90. The van der Waals surface area contributed by atoms with E-state index in [1.54, 1.807) is 0 Å². The van der Waals surface area contributed by atoms with Crippen molar-refractivity contribution in [2.75, 3.05) is 16.9 Å². The van der Waals surface area contributed by atoms with Gasteiger partial charge in [0.25, 0.3) is 0 Å². The van der Waals surface area contributed by atoms with Crippen molar-refractivity contribution < 1.29 is 13.2 Å². The lowest BCUT2D eigenvalue weighted by Gasteiger charge is -2.22. The van der Waals surface area contributed by atoms with E-state index in [1.165, 1.54) is 11.3 Å². The molecule has 1 heterocycles. The summed E-state index contributed by atoms with van der Waals surface area (Å²) < 4.78 is 26.5. The van der Waals surface area contributed by atoms with E-state index in [1.807, 2.05) is 45.0 Å². The molecule has 2 N–H and O–H groups in total. The van der Waals surface area contributed by atoms with E-state index >= 15 is 0 Å². The van der Waals surface area contributed by atoms with Gasteiger partial charge >= 0.3 is 0 Å². The Kier molecular flexibility index (Phi) is 7.72. The zero-order valence-electron chi connectivity index (χ0n) is 15.4. The molecule has 1 aromatic carbocycles. The summed E-state index contributed by atoms with van der Waals surface area (Å²) in [7, 11) is -3.64. The number of halogens is 1. The summed E-state index contributed by atoms with van der Waals surface area (Å²) in [6.07, 6.45) is 0.631. The predicted octanol–water partition coefficient (Wildman–Crippen LogP) is 3.02. The fraction of sp³-hybridized carbons (Fsp3) is 0.471. The number of alkyl halides is 1. The maximum Gasteiger partial charge on any atom is 0.244 e. The van der Waals surface area contributed by atoms with Crippen molar-refractivity contribution >= 4 is 44.0 Å². The quantitative estimate of drug-likeness (QED) is 0.595. The number of anilines is 1. The summed E-state index contributed by atoms with van der Waals surface area (Å²) in [5, 5.41) is 11.8. The monoisotopic (exact) mass is 430 g/mol. The zero-order valence-corrected chi connectivity index (χ0v) is 17.8. The van der Waals surface area contributed by atoms with Crippen LogP contribution in [0.15, 0.2) is 24.3 Å². The van der Waals surface area contributed by atoms with Crippen molar-refractivity contribution in [1.29, 1.82) is 0 Å². The maximum atomic E-state index is 12.7. The van der Waals surface area contributed by atoms with Gasteiger partial charge in [0.05, 0.1) is 5.75 Å². The second-order valence-electron chi connectivity index (χ2n) is 6.26. The Balaban J connectivity index is 2.15. The molecule has 0 saturated carbocycles. The fourth-order valence-electron chi connectivity index (χ4n) is 2.37. The first kappa shape index (κ1) is 21.7. The van der Waals surface area contributed by atoms with E-state index in [2.05, 4.69) is 20.2 Å². The summed E-state index contributed by atoms with van der Waals surface area (Å²) >= 11 is 6.76. The molecule has 2 unspecified atom stereocenters. The molecule has 0 fully saturated rings. The van der Waals surface area contributed by atoms with Gasteiger partial charge in [-0.05, 0) is 18.9 Å². The van der Waals surface area contributed by atoms with Gasteiger partial charge in [-0.2, -0.15) is 0 Å². The lowest BCUT2D eigenvalue weighted by molar-refractivity contribution is -0.118. The predicted molar refractivity (Wildman–Crippen MR) is 110 cm³/mol. The summed E-state index contributed by atoms with van der Waals surface area (Å²) in [4.78, 5) is 12.7. The number of aryl methyl sites for hydroxylation is 1.